The van der Waals surface area contributed by atoms with E-state index in [4.69, 9.17) is 0 Å². The van der Waals surface area contributed by atoms with Crippen molar-refractivity contribution in [2.75, 3.05) is 11.9 Å². The van der Waals surface area contributed by atoms with Crippen molar-refractivity contribution in [1.29, 1.82) is 0 Å². The minimum atomic E-state index is -0.237. The first-order valence-corrected chi connectivity index (χ1v) is 12.4. The zero-order valence-electron chi connectivity index (χ0n) is 17.6. The maximum atomic E-state index is 13.1. The zero-order chi connectivity index (χ0) is 21.6. The number of thiazole rings is 1. The Labute approximate surface area is 190 Å². The Morgan fingerprint density at radius 3 is 2.81 bits per heavy atom. The zero-order valence-corrected chi connectivity index (χ0v) is 19.2. The Bertz CT molecular complexity index is 1060. The number of aromatic nitrogens is 2. The highest BCUT2D eigenvalue weighted by Crippen LogP contribution is 2.38. The third-order valence-electron chi connectivity index (χ3n) is 5.32. The molecule has 162 valence electrons. The van der Waals surface area contributed by atoms with Gasteiger partial charge in [0.2, 0.25) is 0 Å². The van der Waals surface area contributed by atoms with Gasteiger partial charge in [0, 0.05) is 34.9 Å². The number of unbranched alkanes of at least 4 members (excludes halogenated alkanes) is 1. The van der Waals surface area contributed by atoms with Crippen molar-refractivity contribution in [3.63, 3.8) is 0 Å². The lowest BCUT2D eigenvalue weighted by Gasteiger charge is -2.13. The number of carbonyl (C=O) groups is 2. The number of carbonyl (C=O) groups excluding carboxylic acids is 2. The van der Waals surface area contributed by atoms with Crippen LogP contribution in [0.4, 0.5) is 5.00 Å². The van der Waals surface area contributed by atoms with Crippen LogP contribution in [-0.2, 0) is 19.3 Å². The van der Waals surface area contributed by atoms with E-state index in [-0.39, 0.29) is 11.8 Å². The van der Waals surface area contributed by atoms with Crippen molar-refractivity contribution in [1.82, 2.24) is 15.3 Å². The normalized spacial score (nSPS) is 12.9. The summed E-state index contributed by atoms with van der Waals surface area (Å²) in [6, 6.07) is 3.45. The van der Waals surface area contributed by atoms with Gasteiger partial charge in [-0.25, -0.2) is 4.98 Å². The summed E-state index contributed by atoms with van der Waals surface area (Å²) in [5.41, 5.74) is 3.30. The van der Waals surface area contributed by atoms with Gasteiger partial charge in [0.05, 0.1) is 16.1 Å². The summed E-state index contributed by atoms with van der Waals surface area (Å²) < 4.78 is 0. The lowest BCUT2D eigenvalue weighted by atomic mass is 9.95. The third-order valence-corrected chi connectivity index (χ3v) is 7.55. The molecule has 0 atom stereocenters. The number of thiophene rings is 1. The quantitative estimate of drug-likeness (QED) is 0.479. The Kier molecular flexibility index (Phi) is 7.09. The van der Waals surface area contributed by atoms with E-state index in [9.17, 15) is 9.59 Å². The molecule has 1 aliphatic carbocycles. The maximum absolute atomic E-state index is 13.1. The van der Waals surface area contributed by atoms with Gasteiger partial charge in [-0.3, -0.25) is 14.6 Å². The van der Waals surface area contributed by atoms with E-state index in [1.165, 1.54) is 22.4 Å². The van der Waals surface area contributed by atoms with Crippen molar-refractivity contribution < 1.29 is 9.59 Å². The van der Waals surface area contributed by atoms with Crippen LogP contribution in [-0.4, -0.2) is 28.3 Å². The number of hydrogen-bond donors (Lipinski definition) is 2. The molecule has 6 nitrogen and oxygen atoms in total. The van der Waals surface area contributed by atoms with Crippen LogP contribution in [0.5, 0.6) is 0 Å². The van der Waals surface area contributed by atoms with E-state index in [2.05, 4.69) is 26.0 Å². The number of nitrogens with one attached hydrogen (secondary N) is 2. The van der Waals surface area contributed by atoms with Gasteiger partial charge in [-0.05, 0) is 69.6 Å². The fourth-order valence-corrected chi connectivity index (χ4v) is 5.88. The molecule has 0 saturated carbocycles. The van der Waals surface area contributed by atoms with Crippen molar-refractivity contribution in [2.45, 2.75) is 51.9 Å². The van der Waals surface area contributed by atoms with Crippen molar-refractivity contribution in [2.24, 2.45) is 0 Å². The van der Waals surface area contributed by atoms with Gasteiger partial charge in [0.15, 0.2) is 0 Å². The van der Waals surface area contributed by atoms with E-state index >= 15 is 0 Å². The Morgan fingerprint density at radius 2 is 2.03 bits per heavy atom. The molecule has 31 heavy (non-hydrogen) atoms. The molecule has 0 fully saturated rings. The van der Waals surface area contributed by atoms with Gasteiger partial charge in [-0.1, -0.05) is 0 Å². The van der Waals surface area contributed by atoms with E-state index < -0.39 is 0 Å². The van der Waals surface area contributed by atoms with Crippen molar-refractivity contribution in [3.05, 3.63) is 62.2 Å². The lowest BCUT2D eigenvalue weighted by Crippen LogP contribution is -2.27. The molecular formula is C23H26N4O2S2. The van der Waals surface area contributed by atoms with Gasteiger partial charge in [-0.2, -0.15) is 0 Å². The van der Waals surface area contributed by atoms with Gasteiger partial charge in [0.25, 0.3) is 11.8 Å². The van der Waals surface area contributed by atoms with E-state index in [1.807, 2.05) is 6.92 Å². The highest BCUT2D eigenvalue weighted by Gasteiger charge is 2.26. The molecule has 3 aromatic rings. The molecule has 0 aromatic carbocycles. The van der Waals surface area contributed by atoms with Gasteiger partial charge >= 0.3 is 0 Å². The minimum absolute atomic E-state index is 0.0917. The maximum Gasteiger partial charge on any atom is 0.257 e. The summed E-state index contributed by atoms with van der Waals surface area (Å²) >= 11 is 3.23. The van der Waals surface area contributed by atoms with Gasteiger partial charge < -0.3 is 10.6 Å². The molecule has 0 unspecified atom stereocenters. The average Bonchev–Trinajstić information content (AvgIpc) is 3.36. The number of hydrogen-bond acceptors (Lipinski definition) is 6. The van der Waals surface area contributed by atoms with Crippen LogP contribution in [0.1, 0.15) is 67.5 Å². The van der Waals surface area contributed by atoms with Crippen molar-refractivity contribution in [3.8, 4) is 0 Å². The number of pyridine rings is 1. The molecular weight excluding hydrogens is 428 g/mol. The predicted octanol–water partition coefficient (Wildman–Crippen LogP) is 4.79. The summed E-state index contributed by atoms with van der Waals surface area (Å²) in [6.07, 6.45) is 10.1. The van der Waals surface area contributed by atoms with E-state index in [0.717, 1.165) is 61.2 Å². The smallest absolute Gasteiger partial charge is 0.257 e. The van der Waals surface area contributed by atoms with E-state index in [0.29, 0.717) is 22.7 Å². The SMILES string of the molecule is Cc1csc(CCCCNC(=O)c2c(NC(=O)c3cccnc3)sc3c2CCCC3)n1. The second kappa shape index (κ2) is 10.2. The fraction of sp³-hybridized carbons (Fsp3) is 0.391. The highest BCUT2D eigenvalue weighted by atomic mass is 32.1. The second-order valence-electron chi connectivity index (χ2n) is 7.71. The Hall–Kier alpha value is -2.58. The fourth-order valence-electron chi connectivity index (χ4n) is 3.78. The molecule has 0 saturated heterocycles. The Morgan fingerprint density at radius 1 is 1.16 bits per heavy atom. The topological polar surface area (TPSA) is 84.0 Å². The number of aryl methyl sites for hydroxylation is 3. The first kappa shape index (κ1) is 21.6. The van der Waals surface area contributed by atoms with Crippen LogP contribution < -0.4 is 10.6 Å². The molecule has 3 heterocycles. The van der Waals surface area contributed by atoms with Crippen LogP contribution in [0, 0.1) is 6.92 Å². The minimum Gasteiger partial charge on any atom is -0.352 e. The summed E-state index contributed by atoms with van der Waals surface area (Å²) in [5.74, 6) is -0.328. The van der Waals surface area contributed by atoms with Crippen LogP contribution in [0.25, 0.3) is 0 Å². The third kappa shape index (κ3) is 5.37. The Balaban J connectivity index is 1.40. The largest absolute Gasteiger partial charge is 0.352 e. The van der Waals surface area contributed by atoms with Gasteiger partial charge in [-0.15, -0.1) is 22.7 Å². The second-order valence-corrected chi connectivity index (χ2v) is 9.75. The molecule has 0 bridgehead atoms. The van der Waals surface area contributed by atoms with Crippen molar-refractivity contribution >= 4 is 39.5 Å². The summed E-state index contributed by atoms with van der Waals surface area (Å²) in [6.45, 7) is 2.62. The average molecular weight is 455 g/mol. The monoisotopic (exact) mass is 454 g/mol. The molecule has 1 aliphatic rings. The molecule has 4 rings (SSSR count). The number of rotatable bonds is 8. The number of nitrogens with zero attached hydrogens (tertiary/aromatic N) is 2. The number of fused-ring (bicyclic) bond motifs is 1. The molecule has 3 aromatic heterocycles. The van der Waals surface area contributed by atoms with Crippen LogP contribution in [0.3, 0.4) is 0 Å². The molecule has 2 amide bonds. The molecule has 2 N–H and O–H groups in total. The lowest BCUT2D eigenvalue weighted by molar-refractivity contribution is 0.0953. The van der Waals surface area contributed by atoms with Crippen LogP contribution in [0.15, 0.2) is 29.9 Å². The van der Waals surface area contributed by atoms with Crippen LogP contribution >= 0.6 is 22.7 Å². The summed E-state index contributed by atoms with van der Waals surface area (Å²) in [4.78, 5) is 35.4. The summed E-state index contributed by atoms with van der Waals surface area (Å²) in [7, 11) is 0. The van der Waals surface area contributed by atoms with Gasteiger partial charge in [0.1, 0.15) is 5.00 Å². The van der Waals surface area contributed by atoms with E-state index in [1.54, 1.807) is 29.7 Å². The number of anilines is 1. The first-order chi connectivity index (χ1) is 15.1. The molecule has 0 radical (unpaired) electrons. The molecule has 0 aliphatic heterocycles. The highest BCUT2D eigenvalue weighted by molar-refractivity contribution is 7.17. The predicted molar refractivity (Wildman–Crippen MR) is 125 cm³/mol. The first-order valence-electron chi connectivity index (χ1n) is 10.7. The van der Waals surface area contributed by atoms with Crippen LogP contribution in [0.2, 0.25) is 0 Å². The summed E-state index contributed by atoms with van der Waals surface area (Å²) in [5, 5.41) is 9.90. The standard InChI is InChI=1S/C23H26N4O2S2/c1-15-14-30-19(26-15)10-4-5-12-25-22(29)20-17-8-2-3-9-18(17)31-23(20)27-21(28)16-7-6-11-24-13-16/h6-7,11,13-14H,2-5,8-10,12H2,1H3,(H,25,29)(H,27,28). The molecule has 0 spiro atoms. The molecule has 8 heteroatoms. The number of amides is 2.